The van der Waals surface area contributed by atoms with Crippen LogP contribution >= 0.6 is 0 Å². The summed E-state index contributed by atoms with van der Waals surface area (Å²) in [5.41, 5.74) is 1.26. The molecule has 0 spiro atoms. The van der Waals surface area contributed by atoms with E-state index in [2.05, 4.69) is 60.0 Å². The molecule has 0 bridgehead atoms. The zero-order valence-electron chi connectivity index (χ0n) is 14.1. The van der Waals surface area contributed by atoms with Gasteiger partial charge in [-0.25, -0.2) is 9.97 Å². The highest BCUT2D eigenvalue weighted by Gasteiger charge is 2.23. The van der Waals surface area contributed by atoms with Crippen molar-refractivity contribution >= 4 is 0 Å². The fraction of sp³-hybridized carbons (Fsp3) is 0.750. The molecule has 1 atom stereocenters. The molecule has 0 radical (unpaired) electrons. The van der Waals surface area contributed by atoms with E-state index in [1.807, 2.05) is 12.4 Å². The van der Waals surface area contributed by atoms with Crippen LogP contribution in [0.5, 0.6) is 0 Å². The number of nitrogens with one attached hydrogen (secondary N) is 1. The molecular formula is C16H29N5. The lowest BCUT2D eigenvalue weighted by Gasteiger charge is -2.37. The minimum absolute atomic E-state index is 0.119. The highest BCUT2D eigenvalue weighted by Crippen LogP contribution is 2.10. The minimum atomic E-state index is 0.119. The fourth-order valence-electron chi connectivity index (χ4n) is 2.48. The second-order valence-corrected chi connectivity index (χ2v) is 7.21. The predicted molar refractivity (Wildman–Crippen MR) is 86.2 cm³/mol. The van der Waals surface area contributed by atoms with Gasteiger partial charge >= 0.3 is 0 Å². The van der Waals surface area contributed by atoms with Crippen LogP contribution in [0.15, 0.2) is 12.4 Å². The van der Waals surface area contributed by atoms with Crippen LogP contribution in [0.4, 0.5) is 0 Å². The minimum Gasteiger partial charge on any atom is -0.308 e. The van der Waals surface area contributed by atoms with Crippen LogP contribution in [0, 0.1) is 0 Å². The molecule has 5 nitrogen and oxygen atoms in total. The van der Waals surface area contributed by atoms with Gasteiger partial charge in [0.15, 0.2) is 0 Å². The van der Waals surface area contributed by atoms with Gasteiger partial charge in [-0.1, -0.05) is 0 Å². The van der Waals surface area contributed by atoms with Crippen LogP contribution in [0.25, 0.3) is 0 Å². The highest BCUT2D eigenvalue weighted by atomic mass is 15.3. The summed E-state index contributed by atoms with van der Waals surface area (Å²) in [6.07, 6.45) is 4.83. The number of piperazine rings is 1. The highest BCUT2D eigenvalue weighted by molar-refractivity contribution is 5.06. The topological polar surface area (TPSA) is 44.3 Å². The molecule has 1 fully saturated rings. The molecule has 2 heterocycles. The molecule has 1 aliphatic rings. The second kappa shape index (κ2) is 6.81. The van der Waals surface area contributed by atoms with E-state index in [4.69, 9.17) is 0 Å². The molecule has 0 aromatic carbocycles. The maximum atomic E-state index is 4.54. The standard InChI is InChI=1S/C16H29N5/c1-16(2,3)19-11-13-9-17-15(18-10-13)8-14-12-20(4)6-7-21(14)5/h9-10,14,19H,6-8,11-12H2,1-5H3. The third kappa shape index (κ3) is 5.34. The van der Waals surface area contributed by atoms with Crippen LogP contribution in [-0.4, -0.2) is 65.1 Å². The molecule has 1 aromatic heterocycles. The first kappa shape index (κ1) is 16.3. The molecule has 0 saturated carbocycles. The first-order valence-corrected chi connectivity index (χ1v) is 7.77. The maximum Gasteiger partial charge on any atom is 0.129 e. The monoisotopic (exact) mass is 291 g/mol. The molecule has 5 heteroatoms. The van der Waals surface area contributed by atoms with Gasteiger partial charge in [-0.2, -0.15) is 0 Å². The number of aromatic nitrogens is 2. The van der Waals surface area contributed by atoms with E-state index in [1.54, 1.807) is 0 Å². The van der Waals surface area contributed by atoms with Crippen molar-refractivity contribution in [2.75, 3.05) is 33.7 Å². The summed E-state index contributed by atoms with van der Waals surface area (Å²) in [7, 11) is 4.38. The normalized spacial score (nSPS) is 21.7. The molecule has 0 aliphatic carbocycles. The van der Waals surface area contributed by atoms with E-state index >= 15 is 0 Å². The van der Waals surface area contributed by atoms with Gasteiger partial charge in [0.05, 0.1) is 0 Å². The van der Waals surface area contributed by atoms with Crippen molar-refractivity contribution in [3.63, 3.8) is 0 Å². The SMILES string of the molecule is CN1CCN(C)C(Cc2ncc(CNC(C)(C)C)cn2)C1. The van der Waals surface area contributed by atoms with Crippen molar-refractivity contribution in [2.45, 2.75) is 45.3 Å². The molecule has 1 saturated heterocycles. The van der Waals surface area contributed by atoms with Crippen molar-refractivity contribution in [1.29, 1.82) is 0 Å². The van der Waals surface area contributed by atoms with E-state index in [1.165, 1.54) is 0 Å². The van der Waals surface area contributed by atoms with Crippen molar-refractivity contribution in [3.05, 3.63) is 23.8 Å². The Morgan fingerprint density at radius 1 is 1.19 bits per heavy atom. The van der Waals surface area contributed by atoms with Gasteiger partial charge in [-0.3, -0.25) is 0 Å². The molecule has 1 aromatic rings. The second-order valence-electron chi connectivity index (χ2n) is 7.21. The summed E-state index contributed by atoms with van der Waals surface area (Å²) in [6.45, 7) is 10.7. The lowest BCUT2D eigenvalue weighted by atomic mass is 10.1. The van der Waals surface area contributed by atoms with E-state index in [9.17, 15) is 0 Å². The van der Waals surface area contributed by atoms with Crippen LogP contribution in [0.1, 0.15) is 32.2 Å². The quantitative estimate of drug-likeness (QED) is 0.902. The Bertz CT molecular complexity index is 437. The molecule has 1 N–H and O–H groups in total. The zero-order valence-corrected chi connectivity index (χ0v) is 14.1. The molecule has 2 rings (SSSR count). The smallest absolute Gasteiger partial charge is 0.129 e. The number of rotatable bonds is 4. The Morgan fingerprint density at radius 2 is 1.86 bits per heavy atom. The third-order valence-electron chi connectivity index (χ3n) is 3.98. The van der Waals surface area contributed by atoms with Gasteiger partial charge in [0, 0.05) is 62.1 Å². The first-order chi connectivity index (χ1) is 9.83. The molecule has 21 heavy (non-hydrogen) atoms. The summed E-state index contributed by atoms with van der Waals surface area (Å²) in [6, 6.07) is 0.516. The molecule has 0 amide bonds. The van der Waals surface area contributed by atoms with Crippen LogP contribution in [0.2, 0.25) is 0 Å². The van der Waals surface area contributed by atoms with Gasteiger partial charge < -0.3 is 15.1 Å². The summed E-state index contributed by atoms with van der Waals surface area (Å²) >= 11 is 0. The fourth-order valence-corrected chi connectivity index (χ4v) is 2.48. The lowest BCUT2D eigenvalue weighted by molar-refractivity contribution is 0.113. The lowest BCUT2D eigenvalue weighted by Crippen LogP contribution is -2.50. The van der Waals surface area contributed by atoms with Gasteiger partial charge in [0.2, 0.25) is 0 Å². The van der Waals surface area contributed by atoms with Gasteiger partial charge in [-0.05, 0) is 34.9 Å². The van der Waals surface area contributed by atoms with E-state index in [0.717, 1.165) is 44.0 Å². The zero-order chi connectivity index (χ0) is 15.5. The Kier molecular flexibility index (Phi) is 5.30. The maximum absolute atomic E-state index is 4.54. The Labute approximate surface area is 128 Å². The van der Waals surface area contributed by atoms with Crippen molar-refractivity contribution in [2.24, 2.45) is 0 Å². The number of hydrogen-bond donors (Lipinski definition) is 1. The average molecular weight is 291 g/mol. The van der Waals surface area contributed by atoms with E-state index in [0.29, 0.717) is 6.04 Å². The molecular weight excluding hydrogens is 262 g/mol. The van der Waals surface area contributed by atoms with Crippen molar-refractivity contribution in [3.8, 4) is 0 Å². The van der Waals surface area contributed by atoms with Gasteiger partial charge in [0.25, 0.3) is 0 Å². The molecule has 1 aliphatic heterocycles. The number of likely N-dealkylation sites (N-methyl/N-ethyl adjacent to an activating group) is 2. The van der Waals surface area contributed by atoms with E-state index in [-0.39, 0.29) is 5.54 Å². The van der Waals surface area contributed by atoms with Crippen molar-refractivity contribution < 1.29 is 0 Å². The van der Waals surface area contributed by atoms with Crippen LogP contribution < -0.4 is 5.32 Å². The number of nitrogens with zero attached hydrogens (tertiary/aromatic N) is 4. The summed E-state index contributed by atoms with van der Waals surface area (Å²) in [4.78, 5) is 13.9. The summed E-state index contributed by atoms with van der Waals surface area (Å²) in [5.74, 6) is 0.946. The van der Waals surface area contributed by atoms with Crippen LogP contribution in [0.3, 0.4) is 0 Å². The largest absolute Gasteiger partial charge is 0.308 e. The molecule has 118 valence electrons. The van der Waals surface area contributed by atoms with Gasteiger partial charge in [0.1, 0.15) is 5.82 Å². The average Bonchev–Trinajstić information content (AvgIpc) is 2.41. The van der Waals surface area contributed by atoms with Gasteiger partial charge in [-0.15, -0.1) is 0 Å². The molecule has 1 unspecified atom stereocenters. The summed E-state index contributed by atoms with van der Waals surface area (Å²) < 4.78 is 0. The van der Waals surface area contributed by atoms with Crippen LogP contribution in [-0.2, 0) is 13.0 Å². The first-order valence-electron chi connectivity index (χ1n) is 7.77. The third-order valence-corrected chi connectivity index (χ3v) is 3.98. The number of hydrogen-bond acceptors (Lipinski definition) is 5. The summed E-state index contributed by atoms with van der Waals surface area (Å²) in [5, 5.41) is 3.46. The van der Waals surface area contributed by atoms with Crippen molar-refractivity contribution in [1.82, 2.24) is 25.1 Å². The predicted octanol–water partition coefficient (Wildman–Crippen LogP) is 1.15. The Balaban J connectivity index is 1.90. The Hall–Kier alpha value is -1.04. The van der Waals surface area contributed by atoms with E-state index < -0.39 is 0 Å². The Morgan fingerprint density at radius 3 is 2.48 bits per heavy atom.